The lowest BCUT2D eigenvalue weighted by molar-refractivity contribution is -0.0303. The van der Waals surface area contributed by atoms with Crippen LogP contribution in [0.4, 0.5) is 4.79 Å². The molecule has 3 atom stereocenters. The molecule has 4 N–H and O–H groups in total. The van der Waals surface area contributed by atoms with Gasteiger partial charge in [-0.05, 0) is 33.6 Å². The van der Waals surface area contributed by atoms with E-state index in [9.17, 15) is 4.79 Å². The Morgan fingerprint density at radius 1 is 1.56 bits per heavy atom. The third-order valence-corrected chi connectivity index (χ3v) is 2.60. The molecule has 0 saturated carbocycles. The van der Waals surface area contributed by atoms with Crippen LogP contribution < -0.4 is 11.1 Å². The van der Waals surface area contributed by atoms with Crippen molar-refractivity contribution in [3.05, 3.63) is 0 Å². The van der Waals surface area contributed by atoms with Crippen molar-refractivity contribution in [1.29, 1.82) is 0 Å². The molecule has 1 aliphatic rings. The zero-order chi connectivity index (χ0) is 13.8. The van der Waals surface area contributed by atoms with Gasteiger partial charge < -0.3 is 25.6 Å². The van der Waals surface area contributed by atoms with Crippen LogP contribution in [0, 0.1) is 0 Å². The Morgan fingerprint density at radius 3 is 2.67 bits per heavy atom. The van der Waals surface area contributed by atoms with E-state index in [1.165, 1.54) is 0 Å². The smallest absolute Gasteiger partial charge is 0.407 e. The van der Waals surface area contributed by atoms with Gasteiger partial charge >= 0.3 is 6.09 Å². The monoisotopic (exact) mass is 260 g/mol. The maximum absolute atomic E-state index is 11.5. The molecule has 6 heteroatoms. The van der Waals surface area contributed by atoms with Gasteiger partial charge in [-0.25, -0.2) is 4.79 Å². The van der Waals surface area contributed by atoms with Gasteiger partial charge in [0, 0.05) is 6.42 Å². The summed E-state index contributed by atoms with van der Waals surface area (Å²) in [5.74, 6) is 0. The number of aliphatic hydroxyl groups is 1. The van der Waals surface area contributed by atoms with Gasteiger partial charge in [0.25, 0.3) is 0 Å². The molecule has 0 aromatic carbocycles. The molecule has 0 aliphatic carbocycles. The predicted molar refractivity (Wildman–Crippen MR) is 66.9 cm³/mol. The summed E-state index contributed by atoms with van der Waals surface area (Å²) in [7, 11) is 0. The van der Waals surface area contributed by atoms with Crippen molar-refractivity contribution >= 4 is 6.09 Å². The van der Waals surface area contributed by atoms with Crippen LogP contribution in [0.25, 0.3) is 0 Å². The number of carbonyl (C=O) groups is 1. The number of hydrogen-bond acceptors (Lipinski definition) is 5. The molecule has 1 saturated heterocycles. The molecule has 0 bridgehead atoms. The van der Waals surface area contributed by atoms with Gasteiger partial charge in [-0.15, -0.1) is 0 Å². The number of aliphatic hydroxyl groups excluding tert-OH is 1. The molecule has 1 heterocycles. The van der Waals surface area contributed by atoms with Crippen molar-refractivity contribution in [2.24, 2.45) is 5.73 Å². The van der Waals surface area contributed by atoms with E-state index in [1.807, 2.05) is 20.8 Å². The number of nitrogens with one attached hydrogen (secondary N) is 1. The number of rotatable bonds is 3. The summed E-state index contributed by atoms with van der Waals surface area (Å²) in [4.78, 5) is 11.5. The lowest BCUT2D eigenvalue weighted by Gasteiger charge is -2.30. The summed E-state index contributed by atoms with van der Waals surface area (Å²) < 4.78 is 10.7. The summed E-state index contributed by atoms with van der Waals surface area (Å²) >= 11 is 0. The fraction of sp³-hybridized carbons (Fsp3) is 0.917. The standard InChI is InChI=1S/C12H24N2O4/c1-12(2,3)18-11(16)14-8-4-5-9(17-7-8)6-10(13)15/h8-10,15H,4-7,13H2,1-3H3,(H,14,16)/t8-,9+,10?/m1/s1. The van der Waals surface area contributed by atoms with Gasteiger partial charge in [0.05, 0.1) is 18.8 Å². The van der Waals surface area contributed by atoms with E-state index < -0.39 is 17.9 Å². The normalized spacial score (nSPS) is 26.5. The molecular weight excluding hydrogens is 236 g/mol. The Morgan fingerprint density at radius 2 is 2.22 bits per heavy atom. The highest BCUT2D eigenvalue weighted by molar-refractivity contribution is 5.68. The maximum atomic E-state index is 11.5. The van der Waals surface area contributed by atoms with Gasteiger partial charge in [0.1, 0.15) is 11.8 Å². The highest BCUT2D eigenvalue weighted by atomic mass is 16.6. The predicted octanol–water partition coefficient (Wildman–Crippen LogP) is 0.726. The number of ether oxygens (including phenoxy) is 2. The van der Waals surface area contributed by atoms with Crippen molar-refractivity contribution in [2.45, 2.75) is 64.0 Å². The Hall–Kier alpha value is -0.850. The Bertz CT molecular complexity index is 268. The molecule has 18 heavy (non-hydrogen) atoms. The molecule has 1 amide bonds. The van der Waals surface area contributed by atoms with Crippen molar-refractivity contribution < 1.29 is 19.4 Å². The fourth-order valence-electron chi connectivity index (χ4n) is 1.85. The zero-order valence-electron chi connectivity index (χ0n) is 11.3. The van der Waals surface area contributed by atoms with E-state index in [4.69, 9.17) is 20.3 Å². The summed E-state index contributed by atoms with van der Waals surface area (Å²) in [6, 6.07) is -0.0361. The zero-order valence-corrected chi connectivity index (χ0v) is 11.3. The molecule has 1 aliphatic heterocycles. The summed E-state index contributed by atoms with van der Waals surface area (Å²) in [6.07, 6.45) is 0.713. The van der Waals surface area contributed by atoms with E-state index in [0.717, 1.165) is 12.8 Å². The van der Waals surface area contributed by atoms with E-state index in [0.29, 0.717) is 13.0 Å². The number of carbonyl (C=O) groups excluding carboxylic acids is 1. The van der Waals surface area contributed by atoms with Gasteiger partial charge in [0.15, 0.2) is 0 Å². The van der Waals surface area contributed by atoms with E-state index in [-0.39, 0.29) is 12.1 Å². The van der Waals surface area contributed by atoms with Crippen LogP contribution in [-0.4, -0.2) is 41.8 Å². The number of nitrogens with two attached hydrogens (primary N) is 1. The van der Waals surface area contributed by atoms with E-state index in [1.54, 1.807) is 0 Å². The minimum atomic E-state index is -0.842. The number of alkyl carbamates (subject to hydrolysis) is 1. The maximum Gasteiger partial charge on any atom is 0.407 e. The third-order valence-electron chi connectivity index (χ3n) is 2.60. The largest absolute Gasteiger partial charge is 0.444 e. The van der Waals surface area contributed by atoms with Crippen LogP contribution in [0.15, 0.2) is 0 Å². The first-order chi connectivity index (χ1) is 8.26. The first-order valence-corrected chi connectivity index (χ1v) is 6.31. The van der Waals surface area contributed by atoms with E-state index >= 15 is 0 Å². The first-order valence-electron chi connectivity index (χ1n) is 6.31. The lowest BCUT2D eigenvalue weighted by Crippen LogP contribution is -2.45. The topological polar surface area (TPSA) is 93.8 Å². The molecule has 1 unspecified atom stereocenters. The lowest BCUT2D eigenvalue weighted by atomic mass is 10.0. The third kappa shape index (κ3) is 6.18. The highest BCUT2D eigenvalue weighted by Gasteiger charge is 2.25. The molecule has 6 nitrogen and oxygen atoms in total. The minimum Gasteiger partial charge on any atom is -0.444 e. The van der Waals surface area contributed by atoms with Gasteiger partial charge in [-0.3, -0.25) is 0 Å². The molecule has 106 valence electrons. The average molecular weight is 260 g/mol. The van der Waals surface area contributed by atoms with Crippen molar-refractivity contribution in [1.82, 2.24) is 5.32 Å². The van der Waals surface area contributed by atoms with Crippen LogP contribution in [0.5, 0.6) is 0 Å². The Labute approximate surface area is 108 Å². The highest BCUT2D eigenvalue weighted by Crippen LogP contribution is 2.17. The fourth-order valence-corrected chi connectivity index (χ4v) is 1.85. The van der Waals surface area contributed by atoms with Gasteiger partial charge in [-0.1, -0.05) is 0 Å². The summed E-state index contributed by atoms with van der Waals surface area (Å²) in [5.41, 5.74) is 4.80. The second kappa shape index (κ2) is 6.36. The Balaban J connectivity index is 2.25. The van der Waals surface area contributed by atoms with Crippen LogP contribution in [0.1, 0.15) is 40.0 Å². The average Bonchev–Trinajstić information content (AvgIpc) is 2.17. The van der Waals surface area contributed by atoms with Crippen LogP contribution in [0.3, 0.4) is 0 Å². The molecule has 1 rings (SSSR count). The van der Waals surface area contributed by atoms with E-state index in [2.05, 4.69) is 5.32 Å². The summed E-state index contributed by atoms with van der Waals surface area (Å²) in [5, 5.41) is 11.8. The van der Waals surface area contributed by atoms with Gasteiger partial charge in [-0.2, -0.15) is 0 Å². The van der Waals surface area contributed by atoms with Crippen LogP contribution in [0.2, 0.25) is 0 Å². The van der Waals surface area contributed by atoms with Crippen molar-refractivity contribution in [2.75, 3.05) is 6.61 Å². The molecule has 0 aromatic rings. The van der Waals surface area contributed by atoms with Crippen molar-refractivity contribution in [3.8, 4) is 0 Å². The van der Waals surface area contributed by atoms with Crippen LogP contribution in [-0.2, 0) is 9.47 Å². The molecule has 1 fully saturated rings. The molecular formula is C12H24N2O4. The minimum absolute atomic E-state index is 0.0262. The SMILES string of the molecule is CC(C)(C)OC(=O)N[C@@H]1CC[C@@H](CC(N)O)OC1. The first kappa shape index (κ1) is 15.2. The second-order valence-corrected chi connectivity index (χ2v) is 5.68. The molecule has 0 aromatic heterocycles. The second-order valence-electron chi connectivity index (χ2n) is 5.68. The molecule has 0 spiro atoms. The summed E-state index contributed by atoms with van der Waals surface area (Å²) in [6.45, 7) is 5.89. The Kier molecular flexibility index (Phi) is 5.37. The molecule has 0 radical (unpaired) electrons. The number of amides is 1. The van der Waals surface area contributed by atoms with Crippen LogP contribution >= 0.6 is 0 Å². The van der Waals surface area contributed by atoms with Crippen molar-refractivity contribution in [3.63, 3.8) is 0 Å². The number of hydrogen-bond donors (Lipinski definition) is 3. The quantitative estimate of drug-likeness (QED) is 0.650. The van der Waals surface area contributed by atoms with Gasteiger partial charge in [0.2, 0.25) is 0 Å².